The molecule has 8 heteroatoms. The normalized spacial score (nSPS) is 11.0. The van der Waals surface area contributed by atoms with Gasteiger partial charge in [0.1, 0.15) is 11.6 Å². The Labute approximate surface area is 165 Å². The van der Waals surface area contributed by atoms with Crippen molar-refractivity contribution in [2.75, 3.05) is 11.1 Å². The molecule has 4 rings (SSSR count). The van der Waals surface area contributed by atoms with Crippen molar-refractivity contribution < 1.29 is 9.13 Å². The van der Waals surface area contributed by atoms with Crippen molar-refractivity contribution in [3.63, 3.8) is 0 Å². The molecule has 3 N–H and O–H groups in total. The maximum absolute atomic E-state index is 14.5. The maximum Gasteiger partial charge on any atom is 0.219 e. The summed E-state index contributed by atoms with van der Waals surface area (Å²) in [6.45, 7) is 0.276. The Morgan fingerprint density at radius 2 is 2.04 bits per heavy atom. The number of imidazole rings is 1. The van der Waals surface area contributed by atoms with E-state index >= 15 is 0 Å². The van der Waals surface area contributed by atoms with Crippen molar-refractivity contribution in [3.8, 4) is 11.6 Å². The molecule has 0 unspecified atom stereocenters. The molecule has 0 bridgehead atoms. The number of nitrogens with one attached hydrogen (secondary N) is 1. The van der Waals surface area contributed by atoms with E-state index in [4.69, 9.17) is 22.1 Å². The third-order valence-electron chi connectivity index (χ3n) is 4.29. The molecule has 4 aromatic rings. The predicted molar refractivity (Wildman–Crippen MR) is 108 cm³/mol. The molecule has 0 atom stereocenters. The van der Waals surface area contributed by atoms with E-state index in [9.17, 15) is 4.39 Å². The molecule has 0 aliphatic rings. The van der Waals surface area contributed by atoms with Gasteiger partial charge in [-0.05, 0) is 30.3 Å². The lowest BCUT2D eigenvalue weighted by molar-refractivity contribution is 0.457. The first kappa shape index (κ1) is 18.1. The number of aromatic nitrogens is 3. The molecule has 0 aliphatic heterocycles. The number of halogens is 2. The van der Waals surface area contributed by atoms with Gasteiger partial charge in [-0.15, -0.1) is 0 Å². The molecule has 6 nitrogen and oxygen atoms in total. The van der Waals surface area contributed by atoms with Gasteiger partial charge in [0.2, 0.25) is 11.8 Å². The lowest BCUT2D eigenvalue weighted by atomic mass is 10.2. The van der Waals surface area contributed by atoms with E-state index in [-0.39, 0.29) is 12.4 Å². The number of hydrogen-bond donors (Lipinski definition) is 2. The quantitative estimate of drug-likeness (QED) is 0.475. The van der Waals surface area contributed by atoms with Gasteiger partial charge in [0.25, 0.3) is 0 Å². The third kappa shape index (κ3) is 3.70. The highest BCUT2D eigenvalue weighted by Gasteiger charge is 2.10. The van der Waals surface area contributed by atoms with Crippen LogP contribution in [0.15, 0.2) is 54.7 Å². The highest BCUT2D eigenvalue weighted by molar-refractivity contribution is 6.30. The molecule has 0 saturated carbocycles. The molecule has 2 aromatic carbocycles. The second kappa shape index (κ2) is 7.36. The van der Waals surface area contributed by atoms with E-state index < -0.39 is 0 Å². The van der Waals surface area contributed by atoms with Gasteiger partial charge in [-0.2, -0.15) is 0 Å². The summed E-state index contributed by atoms with van der Waals surface area (Å²) in [6.07, 6.45) is 1.47. The lowest BCUT2D eigenvalue weighted by Gasteiger charge is -2.09. The van der Waals surface area contributed by atoms with Gasteiger partial charge in [0.05, 0.1) is 16.1 Å². The minimum absolute atomic E-state index is 0.276. The number of nitrogens with two attached hydrogens (primary N) is 1. The van der Waals surface area contributed by atoms with Crippen LogP contribution in [0.4, 0.5) is 16.0 Å². The van der Waals surface area contributed by atoms with Crippen LogP contribution < -0.4 is 15.8 Å². The van der Waals surface area contributed by atoms with E-state index in [2.05, 4.69) is 15.3 Å². The number of pyridine rings is 1. The van der Waals surface area contributed by atoms with Gasteiger partial charge in [-0.3, -0.25) is 0 Å². The molecule has 2 heterocycles. The molecule has 0 saturated heterocycles. The summed E-state index contributed by atoms with van der Waals surface area (Å²) in [5.74, 6) is 0.940. The van der Waals surface area contributed by atoms with Crippen molar-refractivity contribution in [1.82, 2.24) is 14.5 Å². The number of benzene rings is 2. The summed E-state index contributed by atoms with van der Waals surface area (Å²) in [6, 6.07) is 13.5. The largest absolute Gasteiger partial charge is 0.439 e. The van der Waals surface area contributed by atoms with E-state index in [0.29, 0.717) is 33.9 Å². The summed E-state index contributed by atoms with van der Waals surface area (Å²) >= 11 is 5.79. The van der Waals surface area contributed by atoms with Crippen LogP contribution in [0.25, 0.3) is 11.0 Å². The van der Waals surface area contributed by atoms with Crippen LogP contribution in [0.1, 0.15) is 5.56 Å². The van der Waals surface area contributed by atoms with Crippen LogP contribution in [0.2, 0.25) is 5.02 Å². The van der Waals surface area contributed by atoms with E-state index in [1.54, 1.807) is 30.3 Å². The minimum Gasteiger partial charge on any atom is -0.439 e. The topological polar surface area (TPSA) is 78.0 Å². The number of ether oxygens (including phenoxy) is 1. The zero-order valence-corrected chi connectivity index (χ0v) is 15.7. The molecule has 0 radical (unpaired) electrons. The van der Waals surface area contributed by atoms with Crippen LogP contribution in [-0.2, 0) is 13.6 Å². The monoisotopic (exact) mass is 397 g/mol. The van der Waals surface area contributed by atoms with Crippen molar-refractivity contribution >= 4 is 34.3 Å². The van der Waals surface area contributed by atoms with Gasteiger partial charge >= 0.3 is 0 Å². The van der Waals surface area contributed by atoms with Crippen LogP contribution in [0, 0.1) is 5.82 Å². The van der Waals surface area contributed by atoms with Crippen LogP contribution in [-0.4, -0.2) is 14.5 Å². The van der Waals surface area contributed by atoms with Crippen molar-refractivity contribution in [1.29, 1.82) is 0 Å². The summed E-state index contributed by atoms with van der Waals surface area (Å²) in [7, 11) is 1.88. The second-order valence-electron chi connectivity index (χ2n) is 6.27. The molecule has 28 heavy (non-hydrogen) atoms. The fourth-order valence-electron chi connectivity index (χ4n) is 2.82. The Kier molecular flexibility index (Phi) is 4.75. The predicted octanol–water partition coefficient (Wildman–Crippen LogP) is 4.75. The highest BCUT2D eigenvalue weighted by Crippen LogP contribution is 2.24. The van der Waals surface area contributed by atoms with E-state index in [1.165, 1.54) is 12.3 Å². The molecular formula is C20H17ClFN5O. The number of fused-ring (bicyclic) bond motifs is 1. The molecule has 2 aromatic heterocycles. The first-order chi connectivity index (χ1) is 13.5. The van der Waals surface area contributed by atoms with Crippen molar-refractivity contribution in [3.05, 3.63) is 71.1 Å². The molecule has 0 spiro atoms. The van der Waals surface area contributed by atoms with Gasteiger partial charge in [-0.1, -0.05) is 17.7 Å². The number of nitrogen functional groups attached to an aromatic ring is 1. The SMILES string of the molecule is Cn1c(NCc2ccc(Oc3ccc(Cl)cn3)cc2F)nc2ccc(N)cc21. The molecule has 0 amide bonds. The van der Waals surface area contributed by atoms with Crippen LogP contribution in [0.3, 0.4) is 0 Å². The Bertz CT molecular complexity index is 1140. The summed E-state index contributed by atoms with van der Waals surface area (Å²) < 4.78 is 21.9. The Hall–Kier alpha value is -3.32. The highest BCUT2D eigenvalue weighted by atomic mass is 35.5. The molecule has 142 valence electrons. The summed E-state index contributed by atoms with van der Waals surface area (Å²) in [4.78, 5) is 8.54. The first-order valence-electron chi connectivity index (χ1n) is 8.53. The Morgan fingerprint density at radius 1 is 1.18 bits per heavy atom. The average molecular weight is 398 g/mol. The van der Waals surface area contributed by atoms with E-state index in [0.717, 1.165) is 11.0 Å². The molecular weight excluding hydrogens is 381 g/mol. The van der Waals surface area contributed by atoms with Gasteiger partial charge in [0.15, 0.2) is 0 Å². The third-order valence-corrected chi connectivity index (χ3v) is 4.51. The summed E-state index contributed by atoms with van der Waals surface area (Å²) in [5, 5.41) is 3.66. The molecule has 0 aliphatic carbocycles. The maximum atomic E-state index is 14.5. The first-order valence-corrected chi connectivity index (χ1v) is 8.91. The van der Waals surface area contributed by atoms with Crippen LogP contribution in [0.5, 0.6) is 11.6 Å². The fraction of sp³-hybridized carbons (Fsp3) is 0.100. The minimum atomic E-state index is -0.387. The van der Waals surface area contributed by atoms with Gasteiger partial charge in [0, 0.05) is 43.2 Å². The second-order valence-corrected chi connectivity index (χ2v) is 6.70. The van der Waals surface area contributed by atoms with Gasteiger partial charge < -0.3 is 20.4 Å². The molecule has 0 fully saturated rings. The average Bonchev–Trinajstić information content (AvgIpc) is 2.98. The van der Waals surface area contributed by atoms with Crippen LogP contribution >= 0.6 is 11.6 Å². The Balaban J connectivity index is 1.48. The number of nitrogens with zero attached hydrogens (tertiary/aromatic N) is 3. The van der Waals surface area contributed by atoms with E-state index in [1.807, 2.05) is 23.7 Å². The number of anilines is 2. The zero-order valence-electron chi connectivity index (χ0n) is 15.0. The summed E-state index contributed by atoms with van der Waals surface area (Å²) in [5.41, 5.74) is 8.71. The number of aryl methyl sites for hydroxylation is 1. The zero-order chi connectivity index (χ0) is 19.7. The Morgan fingerprint density at radius 3 is 2.79 bits per heavy atom. The van der Waals surface area contributed by atoms with Crippen molar-refractivity contribution in [2.45, 2.75) is 6.54 Å². The number of rotatable bonds is 5. The van der Waals surface area contributed by atoms with Gasteiger partial charge in [-0.25, -0.2) is 14.4 Å². The fourth-order valence-corrected chi connectivity index (χ4v) is 2.93. The van der Waals surface area contributed by atoms with Crippen molar-refractivity contribution in [2.24, 2.45) is 7.05 Å². The number of hydrogen-bond acceptors (Lipinski definition) is 5. The lowest BCUT2D eigenvalue weighted by Crippen LogP contribution is -2.06. The standard InChI is InChI=1S/C20H17ClFN5O/c1-27-18-8-14(23)4-6-17(18)26-20(27)25-10-12-2-5-15(9-16(12)22)28-19-7-3-13(21)11-24-19/h2-9,11H,10,23H2,1H3,(H,25,26). The smallest absolute Gasteiger partial charge is 0.219 e.